The Labute approximate surface area is 142 Å². The quantitative estimate of drug-likeness (QED) is 0.809. The lowest BCUT2D eigenvalue weighted by Crippen LogP contribution is -2.11. The molecule has 6 heteroatoms. The molecule has 0 atom stereocenters. The Morgan fingerprint density at radius 1 is 1.04 bits per heavy atom. The number of fused-ring (bicyclic) bond motifs is 1. The fraction of sp³-hybridized carbons (Fsp3) is 0.278. The van der Waals surface area contributed by atoms with E-state index in [1.807, 2.05) is 24.3 Å². The minimum Gasteiger partial charge on any atom is -0.494 e. The van der Waals surface area contributed by atoms with E-state index in [4.69, 9.17) is 4.74 Å². The summed E-state index contributed by atoms with van der Waals surface area (Å²) in [6, 6.07) is 14.2. The molecule has 1 aliphatic heterocycles. The number of ether oxygens (including phenoxy) is 1. The molecule has 0 aromatic heterocycles. The van der Waals surface area contributed by atoms with Crippen LogP contribution in [0.1, 0.15) is 31.7 Å². The third-order valence-corrected chi connectivity index (χ3v) is 5.10. The Hall–Kier alpha value is -2.34. The van der Waals surface area contributed by atoms with Crippen molar-refractivity contribution in [2.45, 2.75) is 31.1 Å². The SMILES string of the molecule is CCCCCOc1ccc(NC2=NS(=O)(=O)c3ccccc32)cc1. The van der Waals surface area contributed by atoms with E-state index in [1.54, 1.807) is 24.3 Å². The zero-order chi connectivity index (χ0) is 17.0. The van der Waals surface area contributed by atoms with Gasteiger partial charge >= 0.3 is 0 Å². The Kier molecular flexibility index (Phi) is 4.85. The second-order valence-corrected chi connectivity index (χ2v) is 7.19. The van der Waals surface area contributed by atoms with E-state index in [1.165, 1.54) is 6.42 Å². The average molecular weight is 344 g/mol. The molecule has 0 amide bonds. The molecule has 0 spiro atoms. The highest BCUT2D eigenvalue weighted by atomic mass is 32.2. The molecular weight excluding hydrogens is 324 g/mol. The summed E-state index contributed by atoms with van der Waals surface area (Å²) in [7, 11) is -3.60. The van der Waals surface area contributed by atoms with E-state index < -0.39 is 10.0 Å². The summed E-state index contributed by atoms with van der Waals surface area (Å²) in [5, 5.41) is 3.07. The first-order valence-corrected chi connectivity index (χ1v) is 9.48. The van der Waals surface area contributed by atoms with Crippen molar-refractivity contribution in [3.05, 3.63) is 54.1 Å². The third-order valence-electron chi connectivity index (χ3n) is 3.77. The molecule has 5 nitrogen and oxygen atoms in total. The van der Waals surface area contributed by atoms with Gasteiger partial charge < -0.3 is 10.1 Å². The molecule has 2 aromatic rings. The average Bonchev–Trinajstić information content (AvgIpc) is 2.84. The summed E-state index contributed by atoms with van der Waals surface area (Å²) in [5.41, 5.74) is 1.36. The number of nitrogens with one attached hydrogen (secondary N) is 1. The van der Waals surface area contributed by atoms with Gasteiger partial charge in [-0.25, -0.2) is 0 Å². The van der Waals surface area contributed by atoms with Crippen LogP contribution >= 0.6 is 0 Å². The smallest absolute Gasteiger partial charge is 0.285 e. The van der Waals surface area contributed by atoms with Crippen molar-refractivity contribution in [1.82, 2.24) is 0 Å². The maximum atomic E-state index is 12.0. The van der Waals surface area contributed by atoms with Crippen LogP contribution in [-0.4, -0.2) is 20.9 Å². The minimum atomic E-state index is -3.60. The van der Waals surface area contributed by atoms with Gasteiger partial charge in [0, 0.05) is 11.3 Å². The summed E-state index contributed by atoms with van der Waals surface area (Å²) < 4.78 is 33.6. The van der Waals surface area contributed by atoms with E-state index in [0.717, 1.165) is 24.3 Å². The molecule has 3 rings (SSSR count). The zero-order valence-corrected chi connectivity index (χ0v) is 14.3. The second-order valence-electron chi connectivity index (χ2n) is 5.62. The van der Waals surface area contributed by atoms with E-state index >= 15 is 0 Å². The van der Waals surface area contributed by atoms with E-state index in [9.17, 15) is 8.42 Å². The molecule has 0 bridgehead atoms. The summed E-state index contributed by atoms with van der Waals surface area (Å²) in [5.74, 6) is 1.15. The summed E-state index contributed by atoms with van der Waals surface area (Å²) >= 11 is 0. The number of unbranched alkanes of at least 4 members (excludes halogenated alkanes) is 2. The van der Waals surface area contributed by atoms with Crippen molar-refractivity contribution < 1.29 is 13.2 Å². The lowest BCUT2D eigenvalue weighted by Gasteiger charge is -2.09. The molecular formula is C18H20N2O3S. The van der Waals surface area contributed by atoms with Crippen molar-refractivity contribution in [3.63, 3.8) is 0 Å². The van der Waals surface area contributed by atoms with Crippen LogP contribution in [0.2, 0.25) is 0 Å². The van der Waals surface area contributed by atoms with Crippen molar-refractivity contribution in [2.75, 3.05) is 11.9 Å². The number of anilines is 1. The predicted octanol–water partition coefficient (Wildman–Crippen LogP) is 3.82. The van der Waals surface area contributed by atoms with Crippen LogP contribution in [0.15, 0.2) is 57.8 Å². The molecule has 0 aliphatic carbocycles. The Morgan fingerprint density at radius 3 is 2.54 bits per heavy atom. The first-order valence-electron chi connectivity index (χ1n) is 8.04. The number of amidine groups is 1. The van der Waals surface area contributed by atoms with Crippen LogP contribution in [0.3, 0.4) is 0 Å². The zero-order valence-electron chi connectivity index (χ0n) is 13.5. The van der Waals surface area contributed by atoms with Gasteiger partial charge in [-0.1, -0.05) is 31.9 Å². The molecule has 0 saturated carbocycles. The maximum Gasteiger partial charge on any atom is 0.285 e. The van der Waals surface area contributed by atoms with Gasteiger partial charge in [0.2, 0.25) is 0 Å². The Balaban J connectivity index is 1.69. The number of sulfonamides is 1. The number of benzene rings is 2. The first kappa shape index (κ1) is 16.5. The molecule has 126 valence electrons. The monoisotopic (exact) mass is 344 g/mol. The van der Waals surface area contributed by atoms with Crippen LogP contribution in [0, 0.1) is 0 Å². The van der Waals surface area contributed by atoms with Crippen LogP contribution in [0.25, 0.3) is 0 Å². The maximum absolute atomic E-state index is 12.0. The van der Waals surface area contributed by atoms with Crippen LogP contribution < -0.4 is 10.1 Å². The topological polar surface area (TPSA) is 67.8 Å². The Bertz CT molecular complexity index is 843. The van der Waals surface area contributed by atoms with E-state index in [2.05, 4.69) is 16.6 Å². The molecule has 0 fully saturated rings. The van der Waals surface area contributed by atoms with Gasteiger partial charge in [0.15, 0.2) is 5.84 Å². The number of nitrogens with zero attached hydrogens (tertiary/aromatic N) is 1. The lowest BCUT2D eigenvalue weighted by molar-refractivity contribution is 0.306. The molecule has 0 unspecified atom stereocenters. The van der Waals surface area contributed by atoms with Gasteiger partial charge in [0.05, 0.1) is 6.61 Å². The van der Waals surface area contributed by atoms with Crippen LogP contribution in [0.5, 0.6) is 5.75 Å². The third kappa shape index (κ3) is 3.59. The molecule has 1 aliphatic rings. The molecule has 2 aromatic carbocycles. The van der Waals surface area contributed by atoms with Gasteiger partial charge in [-0.15, -0.1) is 4.40 Å². The highest BCUT2D eigenvalue weighted by Gasteiger charge is 2.28. The molecule has 1 heterocycles. The van der Waals surface area contributed by atoms with Crippen molar-refractivity contribution in [3.8, 4) is 5.75 Å². The predicted molar refractivity (Wildman–Crippen MR) is 95.2 cm³/mol. The van der Waals surface area contributed by atoms with Gasteiger partial charge in [-0.3, -0.25) is 0 Å². The summed E-state index contributed by atoms with van der Waals surface area (Å²) in [4.78, 5) is 0.239. The fourth-order valence-corrected chi connectivity index (χ4v) is 3.69. The highest BCUT2D eigenvalue weighted by Crippen LogP contribution is 2.27. The first-order chi connectivity index (χ1) is 11.6. The Morgan fingerprint density at radius 2 is 1.79 bits per heavy atom. The van der Waals surface area contributed by atoms with Crippen LogP contribution in [-0.2, 0) is 10.0 Å². The second kappa shape index (κ2) is 7.05. The number of rotatable bonds is 6. The lowest BCUT2D eigenvalue weighted by atomic mass is 10.2. The van der Waals surface area contributed by atoms with E-state index in [0.29, 0.717) is 18.0 Å². The van der Waals surface area contributed by atoms with Gasteiger partial charge in [-0.2, -0.15) is 8.42 Å². The number of hydrogen-bond acceptors (Lipinski definition) is 4. The van der Waals surface area contributed by atoms with Gasteiger partial charge in [0.1, 0.15) is 10.6 Å². The van der Waals surface area contributed by atoms with E-state index in [-0.39, 0.29) is 4.90 Å². The molecule has 0 radical (unpaired) electrons. The van der Waals surface area contributed by atoms with Gasteiger partial charge in [0.25, 0.3) is 10.0 Å². The normalized spacial score (nSPS) is 14.8. The minimum absolute atomic E-state index is 0.239. The fourth-order valence-electron chi connectivity index (χ4n) is 2.51. The van der Waals surface area contributed by atoms with Crippen molar-refractivity contribution in [2.24, 2.45) is 4.40 Å². The summed E-state index contributed by atoms with van der Waals surface area (Å²) in [6.07, 6.45) is 3.37. The highest BCUT2D eigenvalue weighted by molar-refractivity contribution is 7.90. The standard InChI is InChI=1S/C18H20N2O3S/c1-2-3-6-13-23-15-11-9-14(10-12-15)19-18-16-7-4-5-8-17(16)24(21,22)20-18/h4-5,7-12H,2-3,6,13H2,1H3,(H,19,20). The molecule has 0 saturated heterocycles. The molecule has 1 N–H and O–H groups in total. The summed E-state index contributed by atoms with van der Waals surface area (Å²) in [6.45, 7) is 2.86. The van der Waals surface area contributed by atoms with Crippen molar-refractivity contribution in [1.29, 1.82) is 0 Å². The van der Waals surface area contributed by atoms with Crippen molar-refractivity contribution >= 4 is 21.5 Å². The largest absolute Gasteiger partial charge is 0.494 e. The molecule has 24 heavy (non-hydrogen) atoms. The number of hydrogen-bond donors (Lipinski definition) is 1. The van der Waals surface area contributed by atoms with Gasteiger partial charge in [-0.05, 0) is 42.8 Å². The van der Waals surface area contributed by atoms with Crippen LogP contribution in [0.4, 0.5) is 5.69 Å².